The predicted molar refractivity (Wildman–Crippen MR) is 143 cm³/mol. The standard InChI is InChI=1S/C29H24N6O/c1-20(16-22-10-5-3-6-11-22)18-31-33-29(36)25-17-26(23-12-9-15-30-19-23)32-28-27(25)21(2)34-35(28)24-13-7-4-8-14-24/h3-19H,1-2H3,(H,33,36)/b20-16+,31-18?. The van der Waals surface area contributed by atoms with Gasteiger partial charge in [0, 0.05) is 18.0 Å². The van der Waals surface area contributed by atoms with E-state index in [1.807, 2.05) is 92.7 Å². The number of carbonyl (C=O) groups excluding carboxylic acids is 1. The molecule has 2 aromatic carbocycles. The van der Waals surface area contributed by atoms with Crippen LogP contribution in [0.5, 0.6) is 0 Å². The molecule has 3 heterocycles. The quantitative estimate of drug-likeness (QED) is 0.257. The fourth-order valence-electron chi connectivity index (χ4n) is 3.98. The summed E-state index contributed by atoms with van der Waals surface area (Å²) < 4.78 is 1.76. The number of hydrogen-bond donors (Lipinski definition) is 1. The van der Waals surface area contributed by atoms with E-state index in [2.05, 4.69) is 15.5 Å². The van der Waals surface area contributed by atoms with Gasteiger partial charge in [-0.05, 0) is 55.3 Å². The van der Waals surface area contributed by atoms with Gasteiger partial charge in [-0.2, -0.15) is 10.2 Å². The molecule has 0 aliphatic carbocycles. The average molecular weight is 473 g/mol. The molecule has 36 heavy (non-hydrogen) atoms. The molecule has 0 bridgehead atoms. The van der Waals surface area contributed by atoms with Gasteiger partial charge in [0.05, 0.1) is 34.2 Å². The summed E-state index contributed by atoms with van der Waals surface area (Å²) in [5.41, 5.74) is 8.67. The zero-order valence-electron chi connectivity index (χ0n) is 20.0. The van der Waals surface area contributed by atoms with Gasteiger partial charge in [0.2, 0.25) is 0 Å². The number of aromatic nitrogens is 4. The van der Waals surface area contributed by atoms with E-state index >= 15 is 0 Å². The van der Waals surface area contributed by atoms with Crippen molar-refractivity contribution >= 4 is 29.2 Å². The van der Waals surface area contributed by atoms with E-state index in [0.717, 1.165) is 22.4 Å². The molecule has 0 radical (unpaired) electrons. The van der Waals surface area contributed by atoms with Crippen LogP contribution >= 0.6 is 0 Å². The zero-order valence-corrected chi connectivity index (χ0v) is 20.0. The number of pyridine rings is 2. The van der Waals surface area contributed by atoms with E-state index in [1.54, 1.807) is 29.4 Å². The number of hydrazone groups is 1. The highest BCUT2D eigenvalue weighted by Gasteiger charge is 2.21. The van der Waals surface area contributed by atoms with Gasteiger partial charge in [0.15, 0.2) is 5.65 Å². The molecule has 5 aromatic rings. The first-order chi connectivity index (χ1) is 17.6. The van der Waals surface area contributed by atoms with Crippen LogP contribution in [0, 0.1) is 6.92 Å². The van der Waals surface area contributed by atoms with E-state index in [4.69, 9.17) is 10.1 Å². The minimum Gasteiger partial charge on any atom is -0.267 e. The summed E-state index contributed by atoms with van der Waals surface area (Å²) in [5.74, 6) is -0.341. The van der Waals surface area contributed by atoms with Crippen molar-refractivity contribution in [2.45, 2.75) is 13.8 Å². The Labute approximate surface area is 208 Å². The minimum atomic E-state index is -0.341. The van der Waals surface area contributed by atoms with Gasteiger partial charge < -0.3 is 0 Å². The second kappa shape index (κ2) is 10.1. The molecule has 0 fully saturated rings. The lowest BCUT2D eigenvalue weighted by atomic mass is 10.1. The van der Waals surface area contributed by atoms with E-state index in [0.29, 0.717) is 28.0 Å². The average Bonchev–Trinajstić information content (AvgIpc) is 3.26. The molecule has 1 amide bonds. The van der Waals surface area contributed by atoms with E-state index < -0.39 is 0 Å². The number of aryl methyl sites for hydroxylation is 1. The number of para-hydroxylation sites is 1. The molecule has 0 saturated heterocycles. The molecule has 176 valence electrons. The van der Waals surface area contributed by atoms with Gasteiger partial charge in [0.25, 0.3) is 5.91 Å². The Morgan fingerprint density at radius 2 is 1.75 bits per heavy atom. The summed E-state index contributed by atoms with van der Waals surface area (Å²) in [4.78, 5) is 22.4. The van der Waals surface area contributed by atoms with Crippen LogP contribution in [0.15, 0.2) is 102 Å². The summed E-state index contributed by atoms with van der Waals surface area (Å²) in [6.45, 7) is 3.81. The normalized spacial score (nSPS) is 11.8. The second-order valence-electron chi connectivity index (χ2n) is 8.33. The summed E-state index contributed by atoms with van der Waals surface area (Å²) in [6.07, 6.45) is 7.05. The van der Waals surface area contributed by atoms with Gasteiger partial charge >= 0.3 is 0 Å². The number of allylic oxidation sites excluding steroid dienone is 1. The lowest BCUT2D eigenvalue weighted by molar-refractivity contribution is 0.0956. The predicted octanol–water partition coefficient (Wildman–Crippen LogP) is 5.61. The third-order valence-corrected chi connectivity index (χ3v) is 5.64. The molecule has 0 saturated carbocycles. The lowest BCUT2D eigenvalue weighted by Gasteiger charge is -2.08. The SMILES string of the molecule is C/C(C=NNC(=O)c1cc(-c2cccnc2)nc2c1c(C)nn2-c1ccccc1)=C\c1ccccc1. The van der Waals surface area contributed by atoms with Crippen LogP contribution in [0.3, 0.4) is 0 Å². The largest absolute Gasteiger partial charge is 0.272 e. The fraction of sp³-hybridized carbons (Fsp3) is 0.0690. The molecule has 7 heteroatoms. The molecule has 0 aliphatic rings. The van der Waals surface area contributed by atoms with Crippen molar-refractivity contribution in [3.05, 3.63) is 114 Å². The van der Waals surface area contributed by atoms with E-state index in [9.17, 15) is 4.79 Å². The third-order valence-electron chi connectivity index (χ3n) is 5.64. The number of amides is 1. The van der Waals surface area contributed by atoms with Crippen LogP contribution in [0.1, 0.15) is 28.5 Å². The van der Waals surface area contributed by atoms with Crippen molar-refractivity contribution in [3.8, 4) is 16.9 Å². The van der Waals surface area contributed by atoms with E-state index in [1.165, 1.54) is 0 Å². The number of benzene rings is 2. The van der Waals surface area contributed by atoms with Crippen LogP contribution < -0.4 is 5.43 Å². The van der Waals surface area contributed by atoms with Crippen LogP contribution in [-0.4, -0.2) is 31.9 Å². The first-order valence-electron chi connectivity index (χ1n) is 11.5. The van der Waals surface area contributed by atoms with Crippen molar-refractivity contribution in [2.24, 2.45) is 5.10 Å². The van der Waals surface area contributed by atoms with Gasteiger partial charge in [-0.1, -0.05) is 54.6 Å². The maximum atomic E-state index is 13.4. The molecule has 3 aromatic heterocycles. The van der Waals surface area contributed by atoms with Crippen LogP contribution in [0.2, 0.25) is 0 Å². The first-order valence-corrected chi connectivity index (χ1v) is 11.5. The highest BCUT2D eigenvalue weighted by Crippen LogP contribution is 2.28. The third kappa shape index (κ3) is 4.81. The Morgan fingerprint density at radius 3 is 2.47 bits per heavy atom. The maximum absolute atomic E-state index is 13.4. The fourth-order valence-corrected chi connectivity index (χ4v) is 3.98. The zero-order chi connectivity index (χ0) is 24.9. The number of nitrogens with one attached hydrogen (secondary N) is 1. The summed E-state index contributed by atoms with van der Waals surface area (Å²) in [5, 5.41) is 9.58. The maximum Gasteiger partial charge on any atom is 0.272 e. The topological polar surface area (TPSA) is 85.1 Å². The molecule has 0 unspecified atom stereocenters. The summed E-state index contributed by atoms with van der Waals surface area (Å²) in [6, 6.07) is 25.2. The van der Waals surface area contributed by atoms with Gasteiger partial charge in [-0.3, -0.25) is 9.78 Å². The van der Waals surface area contributed by atoms with Gasteiger partial charge in [-0.25, -0.2) is 15.1 Å². The number of fused-ring (bicyclic) bond motifs is 1. The Hall–Kier alpha value is -4.91. The van der Waals surface area contributed by atoms with Crippen molar-refractivity contribution < 1.29 is 4.79 Å². The second-order valence-corrected chi connectivity index (χ2v) is 8.33. The first kappa shape index (κ1) is 22.9. The van der Waals surface area contributed by atoms with Crippen molar-refractivity contribution in [2.75, 3.05) is 0 Å². The number of rotatable bonds is 6. The van der Waals surface area contributed by atoms with Crippen LogP contribution in [-0.2, 0) is 0 Å². The van der Waals surface area contributed by atoms with Gasteiger partial charge in [0.1, 0.15) is 0 Å². The lowest BCUT2D eigenvalue weighted by Crippen LogP contribution is -2.18. The highest BCUT2D eigenvalue weighted by atomic mass is 16.2. The van der Waals surface area contributed by atoms with E-state index in [-0.39, 0.29) is 5.91 Å². The monoisotopic (exact) mass is 472 g/mol. The van der Waals surface area contributed by atoms with Crippen molar-refractivity contribution in [3.63, 3.8) is 0 Å². The molecule has 1 N–H and O–H groups in total. The molecule has 5 rings (SSSR count). The number of hydrogen-bond acceptors (Lipinski definition) is 5. The van der Waals surface area contributed by atoms with Crippen LogP contribution in [0.4, 0.5) is 0 Å². The summed E-state index contributed by atoms with van der Waals surface area (Å²) >= 11 is 0. The molecular weight excluding hydrogens is 448 g/mol. The molecular formula is C29H24N6O. The highest BCUT2D eigenvalue weighted by molar-refractivity contribution is 6.08. The van der Waals surface area contributed by atoms with Crippen molar-refractivity contribution in [1.82, 2.24) is 25.2 Å². The Morgan fingerprint density at radius 1 is 1.00 bits per heavy atom. The minimum absolute atomic E-state index is 0.341. The Bertz CT molecular complexity index is 1570. The molecule has 7 nitrogen and oxygen atoms in total. The smallest absolute Gasteiger partial charge is 0.267 e. The van der Waals surface area contributed by atoms with Gasteiger partial charge in [-0.15, -0.1) is 0 Å². The number of carbonyl (C=O) groups is 1. The Kier molecular flexibility index (Phi) is 6.44. The number of nitrogens with zero attached hydrogens (tertiary/aromatic N) is 5. The summed E-state index contributed by atoms with van der Waals surface area (Å²) in [7, 11) is 0. The molecule has 0 atom stereocenters. The van der Waals surface area contributed by atoms with Crippen molar-refractivity contribution in [1.29, 1.82) is 0 Å². The molecule has 0 aliphatic heterocycles. The molecule has 0 spiro atoms. The van der Waals surface area contributed by atoms with Crippen LogP contribution in [0.25, 0.3) is 34.1 Å². The Balaban J connectivity index is 1.54.